The predicted molar refractivity (Wildman–Crippen MR) is 91.5 cm³/mol. The molecule has 1 heterocycles. The summed E-state index contributed by atoms with van der Waals surface area (Å²) in [7, 11) is 0. The zero-order chi connectivity index (χ0) is 14.4. The Morgan fingerprint density at radius 2 is 2.05 bits per heavy atom. The highest BCUT2D eigenvalue weighted by Crippen LogP contribution is 2.25. The summed E-state index contributed by atoms with van der Waals surface area (Å²) < 4.78 is 0. The van der Waals surface area contributed by atoms with Crippen molar-refractivity contribution >= 4 is 28.5 Å². The van der Waals surface area contributed by atoms with Crippen LogP contribution in [-0.4, -0.2) is 17.3 Å². The van der Waals surface area contributed by atoms with Crippen molar-refractivity contribution in [1.29, 1.82) is 0 Å². The maximum Gasteiger partial charge on any atom is 0.130 e. The fourth-order valence-corrected chi connectivity index (χ4v) is 3.31. The zero-order valence-electron chi connectivity index (χ0n) is 12.6. The van der Waals surface area contributed by atoms with Crippen LogP contribution in [0, 0.1) is 5.92 Å². The molecule has 3 heteroatoms. The van der Waals surface area contributed by atoms with Crippen LogP contribution in [0.15, 0.2) is 30.3 Å². The lowest BCUT2D eigenvalue weighted by Gasteiger charge is -2.12. The van der Waals surface area contributed by atoms with Gasteiger partial charge in [-0.1, -0.05) is 32.0 Å². The molecule has 108 valence electrons. The van der Waals surface area contributed by atoms with Crippen LogP contribution in [0.25, 0.3) is 10.9 Å². The van der Waals surface area contributed by atoms with Crippen LogP contribution in [0.4, 0.5) is 5.82 Å². The third kappa shape index (κ3) is 4.14. The molecular formula is C17H24N2S. The van der Waals surface area contributed by atoms with Crippen molar-refractivity contribution in [3.05, 3.63) is 35.9 Å². The van der Waals surface area contributed by atoms with Crippen LogP contribution in [0.2, 0.25) is 0 Å². The second-order valence-corrected chi connectivity index (χ2v) is 6.56. The number of benzene rings is 1. The van der Waals surface area contributed by atoms with Crippen molar-refractivity contribution in [2.75, 3.05) is 17.6 Å². The van der Waals surface area contributed by atoms with Gasteiger partial charge in [-0.2, -0.15) is 11.8 Å². The van der Waals surface area contributed by atoms with Gasteiger partial charge in [-0.3, -0.25) is 0 Å². The SMILES string of the molecule is CCNc1nc2ccccc2cc1CSCCC(C)C. The fraction of sp³-hybridized carbons (Fsp3) is 0.471. The zero-order valence-corrected chi connectivity index (χ0v) is 13.5. The van der Waals surface area contributed by atoms with Crippen LogP contribution in [0.3, 0.4) is 0 Å². The molecule has 0 radical (unpaired) electrons. The van der Waals surface area contributed by atoms with Crippen molar-refractivity contribution in [2.45, 2.75) is 32.9 Å². The van der Waals surface area contributed by atoms with E-state index in [2.05, 4.69) is 50.4 Å². The van der Waals surface area contributed by atoms with Crippen LogP contribution in [0.1, 0.15) is 32.8 Å². The minimum atomic E-state index is 0.783. The smallest absolute Gasteiger partial charge is 0.130 e. The maximum atomic E-state index is 4.75. The van der Waals surface area contributed by atoms with Crippen LogP contribution in [-0.2, 0) is 5.75 Å². The average Bonchev–Trinajstić information content (AvgIpc) is 2.44. The number of fused-ring (bicyclic) bond motifs is 1. The molecule has 1 aromatic carbocycles. The Bertz CT molecular complexity index is 552. The quantitative estimate of drug-likeness (QED) is 0.730. The monoisotopic (exact) mass is 288 g/mol. The molecule has 0 aliphatic rings. The number of aromatic nitrogens is 1. The van der Waals surface area contributed by atoms with Gasteiger partial charge in [0.05, 0.1) is 5.52 Å². The first-order chi connectivity index (χ1) is 9.70. The van der Waals surface area contributed by atoms with Gasteiger partial charge in [0, 0.05) is 23.2 Å². The summed E-state index contributed by atoms with van der Waals surface area (Å²) in [4.78, 5) is 4.75. The first-order valence-electron chi connectivity index (χ1n) is 7.41. The van der Waals surface area contributed by atoms with Gasteiger partial charge < -0.3 is 5.32 Å². The number of hydrogen-bond donors (Lipinski definition) is 1. The van der Waals surface area contributed by atoms with Gasteiger partial charge in [0.25, 0.3) is 0 Å². The molecule has 2 rings (SSSR count). The van der Waals surface area contributed by atoms with E-state index < -0.39 is 0 Å². The highest BCUT2D eigenvalue weighted by molar-refractivity contribution is 7.98. The Morgan fingerprint density at radius 1 is 1.25 bits per heavy atom. The predicted octanol–water partition coefficient (Wildman–Crippen LogP) is 4.95. The minimum absolute atomic E-state index is 0.783. The molecule has 0 bridgehead atoms. The van der Waals surface area contributed by atoms with E-state index >= 15 is 0 Å². The molecule has 20 heavy (non-hydrogen) atoms. The molecule has 1 aromatic heterocycles. The van der Waals surface area contributed by atoms with Gasteiger partial charge in [0.1, 0.15) is 5.82 Å². The van der Waals surface area contributed by atoms with Crippen LogP contribution in [0.5, 0.6) is 0 Å². The average molecular weight is 288 g/mol. The van der Waals surface area contributed by atoms with Crippen molar-refractivity contribution in [3.8, 4) is 0 Å². The summed E-state index contributed by atoms with van der Waals surface area (Å²) in [5.41, 5.74) is 2.39. The number of pyridine rings is 1. The molecule has 0 unspecified atom stereocenters. The highest BCUT2D eigenvalue weighted by Gasteiger charge is 2.06. The topological polar surface area (TPSA) is 24.9 Å². The second-order valence-electron chi connectivity index (χ2n) is 5.45. The number of hydrogen-bond acceptors (Lipinski definition) is 3. The van der Waals surface area contributed by atoms with Gasteiger partial charge in [-0.05, 0) is 37.1 Å². The summed E-state index contributed by atoms with van der Waals surface area (Å²) in [6, 6.07) is 10.6. The largest absolute Gasteiger partial charge is 0.370 e. The Hall–Kier alpha value is -1.22. The molecule has 0 saturated heterocycles. The van der Waals surface area contributed by atoms with E-state index in [-0.39, 0.29) is 0 Å². The van der Waals surface area contributed by atoms with Gasteiger partial charge in [-0.25, -0.2) is 4.98 Å². The number of rotatable bonds is 7. The molecule has 0 amide bonds. The number of nitrogens with zero attached hydrogens (tertiary/aromatic N) is 1. The summed E-state index contributed by atoms with van der Waals surface area (Å²) >= 11 is 2.00. The standard InChI is InChI=1S/C17H24N2S/c1-4-18-17-15(12-20-10-9-13(2)3)11-14-7-5-6-8-16(14)19-17/h5-8,11,13H,4,9-10,12H2,1-3H3,(H,18,19). The summed E-state index contributed by atoms with van der Waals surface area (Å²) in [6.07, 6.45) is 1.28. The first kappa shape index (κ1) is 15.2. The molecule has 2 aromatic rings. The summed E-state index contributed by atoms with van der Waals surface area (Å²) in [5, 5.41) is 4.62. The highest BCUT2D eigenvalue weighted by atomic mass is 32.2. The van der Waals surface area contributed by atoms with E-state index in [0.717, 1.165) is 29.6 Å². The molecule has 1 N–H and O–H groups in total. The molecule has 0 fully saturated rings. The van der Waals surface area contributed by atoms with Gasteiger partial charge in [0.2, 0.25) is 0 Å². The van der Waals surface area contributed by atoms with Crippen LogP contribution < -0.4 is 5.32 Å². The van der Waals surface area contributed by atoms with E-state index in [0.29, 0.717) is 0 Å². The minimum Gasteiger partial charge on any atom is -0.370 e. The van der Waals surface area contributed by atoms with Gasteiger partial charge in [0.15, 0.2) is 0 Å². The molecule has 0 atom stereocenters. The normalized spacial score (nSPS) is 11.2. The number of para-hydroxylation sites is 1. The lowest BCUT2D eigenvalue weighted by molar-refractivity contribution is 0.632. The first-order valence-corrected chi connectivity index (χ1v) is 8.56. The van der Waals surface area contributed by atoms with Crippen molar-refractivity contribution in [1.82, 2.24) is 4.98 Å². The number of nitrogens with one attached hydrogen (secondary N) is 1. The molecule has 0 aliphatic heterocycles. The van der Waals surface area contributed by atoms with Gasteiger partial charge >= 0.3 is 0 Å². The third-order valence-electron chi connectivity index (χ3n) is 3.24. The maximum absolute atomic E-state index is 4.75. The fourth-order valence-electron chi connectivity index (χ4n) is 2.09. The summed E-state index contributed by atoms with van der Waals surface area (Å²) in [6.45, 7) is 7.59. The Balaban J connectivity index is 2.14. The Morgan fingerprint density at radius 3 is 2.80 bits per heavy atom. The van der Waals surface area contributed by atoms with Crippen molar-refractivity contribution in [3.63, 3.8) is 0 Å². The lowest BCUT2D eigenvalue weighted by atomic mass is 10.1. The van der Waals surface area contributed by atoms with Crippen molar-refractivity contribution in [2.24, 2.45) is 5.92 Å². The van der Waals surface area contributed by atoms with E-state index in [1.807, 2.05) is 17.8 Å². The van der Waals surface area contributed by atoms with E-state index in [4.69, 9.17) is 4.98 Å². The number of anilines is 1. The van der Waals surface area contributed by atoms with Crippen molar-refractivity contribution < 1.29 is 0 Å². The van der Waals surface area contributed by atoms with Crippen LogP contribution >= 0.6 is 11.8 Å². The molecule has 0 spiro atoms. The molecular weight excluding hydrogens is 264 g/mol. The van der Waals surface area contributed by atoms with E-state index in [1.54, 1.807) is 0 Å². The second kappa shape index (κ2) is 7.53. The molecule has 0 saturated carbocycles. The Kier molecular flexibility index (Phi) is 5.72. The molecule has 2 nitrogen and oxygen atoms in total. The number of thioether (sulfide) groups is 1. The third-order valence-corrected chi connectivity index (χ3v) is 4.28. The lowest BCUT2D eigenvalue weighted by Crippen LogP contribution is -2.03. The molecule has 0 aliphatic carbocycles. The Labute approximate surface area is 126 Å². The van der Waals surface area contributed by atoms with E-state index in [9.17, 15) is 0 Å². The summed E-state index contributed by atoms with van der Waals surface area (Å²) in [5.74, 6) is 4.08. The van der Waals surface area contributed by atoms with Gasteiger partial charge in [-0.15, -0.1) is 0 Å². The van der Waals surface area contributed by atoms with E-state index in [1.165, 1.54) is 23.1 Å².